The number of aliphatic hydroxyl groups excluding tert-OH is 1. The first-order valence-corrected chi connectivity index (χ1v) is 12.7. The molecule has 1 aromatic rings. The van der Waals surface area contributed by atoms with Gasteiger partial charge in [-0.05, 0) is 25.2 Å². The molecule has 2 rings (SSSR count). The molecule has 6 N–H and O–H groups in total. The van der Waals surface area contributed by atoms with Gasteiger partial charge in [0, 0.05) is 6.20 Å². The number of phosphoric ester groups is 1. The number of aliphatic hydroxyl groups is 1. The molecule has 1 aliphatic rings. The summed E-state index contributed by atoms with van der Waals surface area (Å²) in [6, 6.07) is 1.28. The van der Waals surface area contributed by atoms with Gasteiger partial charge in [-0.15, -0.1) is 0 Å². The molecule has 0 aromatic carbocycles. The molecule has 0 spiro atoms. The molecule has 1 fully saturated rings. The fourth-order valence-electron chi connectivity index (χ4n) is 2.25. The molecule has 2 heterocycles. The van der Waals surface area contributed by atoms with Crippen molar-refractivity contribution in [3.05, 3.63) is 21.7 Å². The first-order valence-electron chi connectivity index (χ1n) is 8.35. The van der Waals surface area contributed by atoms with Crippen molar-refractivity contribution in [1.82, 2.24) is 9.55 Å². The molecule has 20 heteroatoms. The molecule has 14 nitrogen and oxygen atoms in total. The van der Waals surface area contributed by atoms with Gasteiger partial charge in [-0.3, -0.25) is 9.09 Å². The lowest BCUT2D eigenvalue weighted by molar-refractivity contribution is -0.0594. The van der Waals surface area contributed by atoms with Crippen LogP contribution < -0.4 is 0 Å². The summed E-state index contributed by atoms with van der Waals surface area (Å²) in [4.78, 5) is 38.2. The van der Waals surface area contributed by atoms with Crippen molar-refractivity contribution >= 4 is 47.9 Å². The minimum Gasteiger partial charge on any atom is -0.387 e. The highest BCUT2D eigenvalue weighted by Crippen LogP contribution is 2.66. The number of hydrogen-bond acceptors (Lipinski definition) is 10. The quantitative estimate of drug-likeness (QED) is 0.207. The highest BCUT2D eigenvalue weighted by molar-refractivity contribution is 7.72. The molecule has 30 heavy (non-hydrogen) atoms. The number of aromatic amines is 1. The van der Waals surface area contributed by atoms with Gasteiger partial charge < -0.3 is 34.4 Å². The summed E-state index contributed by atoms with van der Waals surface area (Å²) in [6.45, 7) is -2.76. The van der Waals surface area contributed by atoms with E-state index < -0.39 is 54.1 Å². The monoisotopic (exact) mass is 534 g/mol. The van der Waals surface area contributed by atoms with E-state index in [2.05, 4.69) is 18.1 Å². The highest BCUT2D eigenvalue weighted by Gasteiger charge is 2.55. The number of rotatable bonds is 8. The van der Waals surface area contributed by atoms with Crippen molar-refractivity contribution in [2.24, 2.45) is 0 Å². The van der Waals surface area contributed by atoms with Crippen molar-refractivity contribution in [2.45, 2.75) is 31.0 Å². The molecule has 1 aliphatic heterocycles. The van der Waals surface area contributed by atoms with Gasteiger partial charge in [0.05, 0.1) is 9.30 Å². The van der Waals surface area contributed by atoms with E-state index in [0.717, 1.165) is 11.5 Å². The number of hydrogen-bond donors (Lipinski definition) is 6. The van der Waals surface area contributed by atoms with E-state index in [9.17, 15) is 23.7 Å². The smallest absolute Gasteiger partial charge is 0.387 e. The second kappa shape index (κ2) is 8.96. The minimum atomic E-state index is -5.97. The van der Waals surface area contributed by atoms with E-state index >= 15 is 4.39 Å². The average molecular weight is 534 g/mol. The first-order chi connectivity index (χ1) is 14.2. The maximum Gasteiger partial charge on any atom is 0.490 e. The zero-order chi connectivity index (χ0) is 24.9. The van der Waals surface area contributed by atoms with Crippen LogP contribution in [0.1, 0.15) is 15.9 Å². The molecule has 1 saturated heterocycles. The number of aromatic nitrogens is 2. The van der Waals surface area contributed by atoms with Crippen LogP contribution in [-0.4, -0.2) is 58.7 Å². The average Bonchev–Trinajstić information content (AvgIpc) is 2.74. The van der Waals surface area contributed by atoms with Crippen molar-refractivity contribution in [3.63, 3.8) is 0 Å². The minimum absolute atomic E-state index is 0.171. The van der Waals surface area contributed by atoms with Crippen LogP contribution in [0.5, 0.6) is 0 Å². The van der Waals surface area contributed by atoms with Gasteiger partial charge >= 0.3 is 23.5 Å². The second-order valence-corrected chi connectivity index (χ2v) is 11.0. The summed E-state index contributed by atoms with van der Waals surface area (Å²) < 4.78 is 81.9. The van der Waals surface area contributed by atoms with Gasteiger partial charge in [0.25, 0.3) is 0 Å². The number of phosphoric acid groups is 3. The predicted molar refractivity (Wildman–Crippen MR) is 99.7 cm³/mol. The van der Waals surface area contributed by atoms with Crippen molar-refractivity contribution in [3.8, 4) is 0 Å². The molecular formula is C10H16FN2O12P3S2. The van der Waals surface area contributed by atoms with Crippen LogP contribution in [0.25, 0.3) is 0 Å². The Morgan fingerprint density at radius 3 is 2.43 bits per heavy atom. The summed E-state index contributed by atoms with van der Waals surface area (Å²) in [7, 11) is -17.6. The Kier molecular flexibility index (Phi) is 6.86. The molecular weight excluding hydrogens is 516 g/mol. The van der Waals surface area contributed by atoms with E-state index in [1.54, 1.807) is 0 Å². The molecule has 3 unspecified atom stereocenters. The second-order valence-electron chi connectivity index (χ2n) is 5.82. The summed E-state index contributed by atoms with van der Waals surface area (Å²) in [5.74, 6) is 0. The third-order valence-electron chi connectivity index (χ3n) is 3.43. The number of alkyl halides is 1. The molecule has 172 valence electrons. The van der Waals surface area contributed by atoms with Gasteiger partial charge in [0.1, 0.15) is 16.8 Å². The topological polar surface area (TPSA) is 210 Å². The third-order valence-corrected chi connectivity index (χ3v) is 7.64. The summed E-state index contributed by atoms with van der Waals surface area (Å²) >= 11 is 9.84. The first kappa shape index (κ1) is 23.0. The van der Waals surface area contributed by atoms with E-state index in [4.69, 9.17) is 46.6 Å². The number of H-pyrrole nitrogens is 1. The molecule has 0 aliphatic carbocycles. The number of nitrogens with zero attached hydrogens (tertiary/aromatic N) is 1. The Bertz CT molecular complexity index is 1140. The van der Waals surface area contributed by atoms with Crippen LogP contribution in [-0.2, 0) is 31.6 Å². The van der Waals surface area contributed by atoms with E-state index in [1.165, 1.54) is 12.3 Å². The third kappa shape index (κ3) is 6.64. The van der Waals surface area contributed by atoms with Crippen molar-refractivity contribution in [1.29, 1.82) is 0 Å². The molecule has 6 atom stereocenters. The number of halogens is 1. The summed E-state index contributed by atoms with van der Waals surface area (Å²) in [6.07, 6.45) is -5.30. The van der Waals surface area contributed by atoms with Crippen LogP contribution in [0, 0.1) is 9.41 Å². The highest BCUT2D eigenvalue weighted by atomic mass is 32.1. The number of nitrogens with one attached hydrogen (secondary N) is 1. The van der Waals surface area contributed by atoms with Gasteiger partial charge in [0.2, 0.25) is 0 Å². The largest absolute Gasteiger partial charge is 0.490 e. The standard InChI is InChI=1S/C10H16FN2O12P3S2/c1-10(11)7(14)5(23-8(10)13-3-2-6(29)12-9(13)30)4-22-27(18,19)25-28(20,21)24-26(15,16)17/h2-3,5,7-8,14H,4H2,1H3,(H,18,19)(H,20,21)(H,12,29,30)(H2,15,16,17)/t5-,7+,8-,10?/m1/s1/i4D2. The summed E-state index contributed by atoms with van der Waals surface area (Å²) in [5, 5.41) is 10.3. The fraction of sp³-hybridized carbons (Fsp3) is 0.600. The molecule has 0 bridgehead atoms. The molecule has 0 amide bonds. The number of ether oxygens (including phenoxy) is 1. The maximum absolute atomic E-state index is 15.2. The SMILES string of the molecule is [2H]C([2H])(OP(=O)(O)OP(=O)(O)OP(=O)(O)O)[C@H]1O[C@@H](n2ccc(=S)[nH]c2=S)C(C)(F)[C@H]1O. The van der Waals surface area contributed by atoms with Gasteiger partial charge in [-0.2, -0.15) is 8.62 Å². The van der Waals surface area contributed by atoms with Crippen molar-refractivity contribution < 1.29 is 63.4 Å². The van der Waals surface area contributed by atoms with Gasteiger partial charge in [0.15, 0.2) is 16.7 Å². The maximum atomic E-state index is 15.2. The lowest BCUT2D eigenvalue weighted by Gasteiger charge is -2.25. The Labute approximate surface area is 180 Å². The Balaban J connectivity index is 2.30. The zero-order valence-electron chi connectivity index (χ0n) is 16.5. The van der Waals surface area contributed by atoms with Gasteiger partial charge in [-0.25, -0.2) is 18.1 Å². The Hall–Kier alpha value is -0.220. The lowest BCUT2D eigenvalue weighted by atomic mass is 9.99. The Morgan fingerprint density at radius 1 is 1.30 bits per heavy atom. The van der Waals surface area contributed by atoms with Crippen LogP contribution in [0.15, 0.2) is 12.3 Å². The van der Waals surface area contributed by atoms with Crippen LogP contribution in [0.2, 0.25) is 0 Å². The van der Waals surface area contributed by atoms with E-state index in [0.29, 0.717) is 0 Å². The van der Waals surface area contributed by atoms with E-state index in [-0.39, 0.29) is 9.41 Å². The lowest BCUT2D eigenvalue weighted by Crippen LogP contribution is -2.40. The zero-order valence-corrected chi connectivity index (χ0v) is 18.8. The normalized spacial score (nSPS) is 32.7. The van der Waals surface area contributed by atoms with Crippen molar-refractivity contribution in [2.75, 3.05) is 6.56 Å². The van der Waals surface area contributed by atoms with Gasteiger partial charge in [-0.1, -0.05) is 12.2 Å². The van der Waals surface area contributed by atoms with Crippen LogP contribution in [0.3, 0.4) is 0 Å². The predicted octanol–water partition coefficient (Wildman–Crippen LogP) is 1.60. The fourth-order valence-corrected chi connectivity index (χ4v) is 5.61. The Morgan fingerprint density at radius 2 is 1.90 bits per heavy atom. The molecule has 0 radical (unpaired) electrons. The molecule has 1 aromatic heterocycles. The van der Waals surface area contributed by atoms with Crippen LogP contribution >= 0.6 is 47.9 Å². The van der Waals surface area contributed by atoms with E-state index in [1.807, 2.05) is 0 Å². The van der Waals surface area contributed by atoms with Crippen LogP contribution in [0.4, 0.5) is 4.39 Å². The summed E-state index contributed by atoms with van der Waals surface area (Å²) in [5.41, 5.74) is -2.76. The molecule has 0 saturated carbocycles.